The highest BCUT2D eigenvalue weighted by atomic mass is 35.5. The van der Waals surface area contributed by atoms with Gasteiger partial charge in [-0.3, -0.25) is 34.6 Å². The number of rotatable bonds is 4. The number of aromatic amines is 2. The Morgan fingerprint density at radius 1 is 1.15 bits per heavy atom. The van der Waals surface area contributed by atoms with Crippen molar-refractivity contribution in [2.75, 3.05) is 14.2 Å². The van der Waals surface area contributed by atoms with Crippen LogP contribution in [0.5, 0.6) is 17.2 Å². The molecule has 3 heterocycles. The summed E-state index contributed by atoms with van der Waals surface area (Å²) in [5.41, 5.74) is -0.686. The third-order valence-corrected chi connectivity index (χ3v) is 7.61. The number of ether oxygens (including phenoxy) is 3. The van der Waals surface area contributed by atoms with Crippen LogP contribution in [0.15, 0.2) is 51.6 Å². The van der Waals surface area contributed by atoms with Crippen molar-refractivity contribution in [1.82, 2.24) is 15.2 Å². The Kier molecular flexibility index (Phi) is 5.51. The molecule has 2 aromatic heterocycles. The molecule has 0 saturated heterocycles. The third kappa shape index (κ3) is 3.39. The molecule has 4 aromatic rings. The van der Waals surface area contributed by atoms with Gasteiger partial charge in [-0.2, -0.15) is 0 Å². The van der Waals surface area contributed by atoms with E-state index in [1.165, 1.54) is 32.7 Å². The number of hydrogen-bond donors (Lipinski definition) is 3. The number of aliphatic hydroxyl groups excluding tert-OH is 1. The number of aliphatic imine (C=N–C) groups is 1. The fourth-order valence-corrected chi connectivity index (χ4v) is 5.47. The van der Waals surface area contributed by atoms with E-state index in [0.717, 1.165) is 0 Å². The summed E-state index contributed by atoms with van der Waals surface area (Å²) in [6.07, 6.45) is 2.60. The molecule has 1 aliphatic heterocycles. The van der Waals surface area contributed by atoms with Crippen molar-refractivity contribution in [2.45, 2.75) is 18.9 Å². The number of pyridine rings is 1. The van der Waals surface area contributed by atoms with E-state index in [2.05, 4.69) is 20.2 Å². The quantitative estimate of drug-likeness (QED) is 0.320. The van der Waals surface area contributed by atoms with E-state index in [-0.39, 0.29) is 45.4 Å². The van der Waals surface area contributed by atoms with E-state index in [1.807, 2.05) is 0 Å². The Bertz CT molecular complexity index is 1850. The highest BCUT2D eigenvalue weighted by molar-refractivity contribution is 6.35. The van der Waals surface area contributed by atoms with Crippen molar-refractivity contribution < 1.29 is 28.9 Å². The lowest BCUT2D eigenvalue weighted by Crippen LogP contribution is -2.52. The minimum atomic E-state index is -1.90. The van der Waals surface area contributed by atoms with Crippen molar-refractivity contribution in [1.29, 1.82) is 0 Å². The summed E-state index contributed by atoms with van der Waals surface area (Å²) < 4.78 is 16.8. The predicted molar refractivity (Wildman–Crippen MR) is 143 cm³/mol. The Morgan fingerprint density at radius 3 is 2.67 bits per heavy atom. The fraction of sp³-hybridized carbons (Fsp3) is 0.222. The van der Waals surface area contributed by atoms with Gasteiger partial charge < -0.3 is 19.3 Å². The van der Waals surface area contributed by atoms with Crippen LogP contribution in [0, 0.1) is 5.92 Å². The molecule has 2 aliphatic rings. The number of methoxy groups -OCH3 is 2. The molecule has 0 radical (unpaired) electrons. The average molecular weight is 549 g/mol. The van der Waals surface area contributed by atoms with Gasteiger partial charge >= 0.3 is 0 Å². The zero-order valence-corrected chi connectivity index (χ0v) is 21.7. The SMILES string of the molecule is COc1cc(OC)c2c(c1Cl)OC1(C2=O)C(O)=C(C=Nc2ccc3ncc4c(=O)[nH][nH]c4c3c2)C(=O)CC1C. The van der Waals surface area contributed by atoms with E-state index in [0.29, 0.717) is 27.5 Å². The van der Waals surface area contributed by atoms with Crippen LogP contribution in [0.2, 0.25) is 5.02 Å². The number of nitrogens with zero attached hydrogens (tertiary/aromatic N) is 2. The zero-order chi connectivity index (χ0) is 27.6. The molecule has 11 nitrogen and oxygen atoms in total. The second-order valence-electron chi connectivity index (χ2n) is 9.34. The largest absolute Gasteiger partial charge is 0.507 e. The van der Waals surface area contributed by atoms with Gasteiger partial charge in [0.15, 0.2) is 17.3 Å². The molecule has 0 bridgehead atoms. The Labute approximate surface area is 225 Å². The highest BCUT2D eigenvalue weighted by Gasteiger charge is 2.60. The normalized spacial score (nSPS) is 20.9. The van der Waals surface area contributed by atoms with Crippen LogP contribution in [0.1, 0.15) is 23.7 Å². The molecule has 39 heavy (non-hydrogen) atoms. The minimum absolute atomic E-state index is 0.00782. The van der Waals surface area contributed by atoms with Crippen LogP contribution in [-0.4, -0.2) is 57.9 Å². The van der Waals surface area contributed by atoms with Crippen molar-refractivity contribution in [3.05, 3.63) is 62.7 Å². The second kappa shape index (κ2) is 8.70. The van der Waals surface area contributed by atoms with Crippen LogP contribution < -0.4 is 19.8 Å². The molecule has 1 aliphatic carbocycles. The summed E-state index contributed by atoms with van der Waals surface area (Å²) >= 11 is 6.47. The Balaban J connectivity index is 1.46. The number of carbonyl (C=O) groups is 2. The summed E-state index contributed by atoms with van der Waals surface area (Å²) in [6, 6.07) is 6.55. The minimum Gasteiger partial charge on any atom is -0.507 e. The average Bonchev–Trinajstić information content (AvgIpc) is 3.46. The summed E-state index contributed by atoms with van der Waals surface area (Å²) in [7, 11) is 2.80. The van der Waals surface area contributed by atoms with E-state index in [4.69, 9.17) is 25.8 Å². The monoisotopic (exact) mass is 548 g/mol. The molecule has 3 N–H and O–H groups in total. The summed E-state index contributed by atoms with van der Waals surface area (Å²) in [5.74, 6) is -1.87. The van der Waals surface area contributed by atoms with Gasteiger partial charge in [-0.25, -0.2) is 0 Å². The summed E-state index contributed by atoms with van der Waals surface area (Å²) in [6.45, 7) is 1.64. The maximum Gasteiger partial charge on any atom is 0.273 e. The number of benzene rings is 2. The first-order chi connectivity index (χ1) is 18.7. The molecule has 198 valence electrons. The van der Waals surface area contributed by atoms with Crippen molar-refractivity contribution >= 4 is 56.9 Å². The van der Waals surface area contributed by atoms with Gasteiger partial charge in [-0.1, -0.05) is 18.5 Å². The highest BCUT2D eigenvalue weighted by Crippen LogP contribution is 2.54. The maximum atomic E-state index is 13.8. The number of carbonyl (C=O) groups excluding carboxylic acids is 2. The molecule has 2 unspecified atom stereocenters. The van der Waals surface area contributed by atoms with E-state index < -0.39 is 28.8 Å². The Hall–Kier alpha value is -4.64. The lowest BCUT2D eigenvalue weighted by Gasteiger charge is -2.36. The van der Waals surface area contributed by atoms with Gasteiger partial charge in [0.1, 0.15) is 22.1 Å². The van der Waals surface area contributed by atoms with Crippen LogP contribution in [0.3, 0.4) is 0 Å². The van der Waals surface area contributed by atoms with E-state index >= 15 is 0 Å². The lowest BCUT2D eigenvalue weighted by atomic mass is 9.73. The van der Waals surface area contributed by atoms with E-state index in [9.17, 15) is 19.5 Å². The molecular weight excluding hydrogens is 528 g/mol. The maximum absolute atomic E-state index is 13.8. The van der Waals surface area contributed by atoms with Crippen molar-refractivity contribution in [2.24, 2.45) is 10.9 Å². The van der Waals surface area contributed by atoms with Gasteiger partial charge in [0, 0.05) is 36.2 Å². The van der Waals surface area contributed by atoms with Gasteiger partial charge in [0.05, 0.1) is 41.9 Å². The van der Waals surface area contributed by atoms with Crippen LogP contribution >= 0.6 is 11.6 Å². The molecule has 0 saturated carbocycles. The van der Waals surface area contributed by atoms with Crippen molar-refractivity contribution in [3.63, 3.8) is 0 Å². The van der Waals surface area contributed by atoms with Crippen molar-refractivity contribution in [3.8, 4) is 17.2 Å². The lowest BCUT2D eigenvalue weighted by molar-refractivity contribution is -0.118. The molecule has 2 aromatic carbocycles. The van der Waals surface area contributed by atoms with Gasteiger partial charge in [0.2, 0.25) is 11.4 Å². The molecule has 2 atom stereocenters. The fourth-order valence-electron chi connectivity index (χ4n) is 5.21. The standard InChI is InChI=1S/C27H21ClN4O7/c1-11-6-17(33)14(9-29-12-4-5-16-13(7-12)22-15(10-30-16)26(36)32-31-22)24(34)27(11)25(35)20-18(37-2)8-19(38-3)21(28)23(20)39-27/h4-5,7-11,34H,6H2,1-3H3,(H2,31,32,36). The number of hydrogen-bond acceptors (Lipinski definition) is 9. The molecule has 6 rings (SSSR count). The number of fused-ring (bicyclic) bond motifs is 4. The third-order valence-electron chi connectivity index (χ3n) is 7.25. The number of aliphatic hydroxyl groups is 1. The number of Topliss-reactive ketones (excluding diaryl/α,β-unsaturated/α-hetero) is 2. The number of nitrogens with one attached hydrogen (secondary N) is 2. The smallest absolute Gasteiger partial charge is 0.273 e. The number of aromatic nitrogens is 3. The number of H-pyrrole nitrogens is 2. The van der Waals surface area contributed by atoms with Crippen LogP contribution in [-0.2, 0) is 4.79 Å². The number of allylic oxidation sites excluding steroid dienone is 1. The Morgan fingerprint density at radius 2 is 1.92 bits per heavy atom. The van der Waals surface area contributed by atoms with Gasteiger partial charge in [0.25, 0.3) is 5.56 Å². The first-order valence-corrected chi connectivity index (χ1v) is 12.3. The van der Waals surface area contributed by atoms with Crippen LogP contribution in [0.25, 0.3) is 21.8 Å². The number of halogens is 1. The molecule has 12 heteroatoms. The summed E-state index contributed by atoms with van der Waals surface area (Å²) in [5, 5.41) is 17.9. The molecule has 1 spiro atoms. The molecule has 0 amide bonds. The first kappa shape index (κ1) is 24.7. The second-order valence-corrected chi connectivity index (χ2v) is 9.72. The summed E-state index contributed by atoms with van der Waals surface area (Å²) in [4.78, 5) is 47.5. The topological polar surface area (TPSA) is 156 Å². The number of ketones is 2. The molecule has 0 fully saturated rings. The predicted octanol–water partition coefficient (Wildman–Crippen LogP) is 4.21. The van der Waals surface area contributed by atoms with Gasteiger partial charge in [-0.15, -0.1) is 0 Å². The van der Waals surface area contributed by atoms with Crippen LogP contribution in [0.4, 0.5) is 5.69 Å². The first-order valence-electron chi connectivity index (χ1n) is 11.9. The van der Waals surface area contributed by atoms with Gasteiger partial charge in [-0.05, 0) is 18.2 Å². The van der Waals surface area contributed by atoms with E-state index in [1.54, 1.807) is 25.1 Å². The zero-order valence-electron chi connectivity index (χ0n) is 20.9. The molecular formula is C27H21ClN4O7.